The summed E-state index contributed by atoms with van der Waals surface area (Å²) in [5.74, 6) is 2.49. The lowest BCUT2D eigenvalue weighted by atomic mass is 10.2. The summed E-state index contributed by atoms with van der Waals surface area (Å²) < 4.78 is 5.34. The Bertz CT molecular complexity index is 798. The molecule has 0 saturated carbocycles. The Hall–Kier alpha value is -2.86. The summed E-state index contributed by atoms with van der Waals surface area (Å²) in [5, 5.41) is 3.29. The van der Waals surface area contributed by atoms with Gasteiger partial charge in [-0.15, -0.1) is 0 Å². The summed E-state index contributed by atoms with van der Waals surface area (Å²) in [4.78, 5) is 13.8. The van der Waals surface area contributed by atoms with Crippen LogP contribution in [0.15, 0.2) is 65.4 Å². The summed E-state index contributed by atoms with van der Waals surface area (Å²) in [7, 11) is 0. The molecule has 1 saturated heterocycles. The third-order valence-corrected chi connectivity index (χ3v) is 4.57. The number of aromatic nitrogens is 2. The average Bonchev–Trinajstić information content (AvgIpc) is 3.22. The molecule has 0 aliphatic carbocycles. The maximum Gasteiger partial charge on any atom is 0.227 e. The molecule has 3 heterocycles. The van der Waals surface area contributed by atoms with Crippen molar-refractivity contribution in [2.24, 2.45) is 0 Å². The van der Waals surface area contributed by atoms with Gasteiger partial charge in [0, 0.05) is 38.9 Å². The molecular formula is C20H23N5O. The van der Waals surface area contributed by atoms with Gasteiger partial charge in [0.05, 0.1) is 12.8 Å². The molecule has 1 N–H and O–H groups in total. The zero-order valence-corrected chi connectivity index (χ0v) is 14.7. The van der Waals surface area contributed by atoms with Crippen molar-refractivity contribution in [1.82, 2.24) is 14.9 Å². The Morgan fingerprint density at radius 2 is 1.81 bits per heavy atom. The number of piperazine rings is 1. The van der Waals surface area contributed by atoms with Gasteiger partial charge in [-0.2, -0.15) is 4.98 Å². The first kappa shape index (κ1) is 16.6. The van der Waals surface area contributed by atoms with Crippen molar-refractivity contribution in [3.8, 4) is 0 Å². The fraction of sp³-hybridized carbons (Fsp3) is 0.300. The number of rotatable bonds is 6. The van der Waals surface area contributed by atoms with E-state index in [-0.39, 0.29) is 0 Å². The Balaban J connectivity index is 1.32. The second-order valence-electron chi connectivity index (χ2n) is 6.42. The molecule has 6 heteroatoms. The topological polar surface area (TPSA) is 57.4 Å². The van der Waals surface area contributed by atoms with Crippen LogP contribution in [0.25, 0.3) is 0 Å². The highest BCUT2D eigenvalue weighted by molar-refractivity contribution is 5.41. The van der Waals surface area contributed by atoms with Crippen molar-refractivity contribution in [1.29, 1.82) is 0 Å². The van der Waals surface area contributed by atoms with Crippen LogP contribution < -0.4 is 10.2 Å². The molecule has 4 rings (SSSR count). The van der Waals surface area contributed by atoms with Crippen molar-refractivity contribution in [3.05, 3.63) is 72.3 Å². The lowest BCUT2D eigenvalue weighted by molar-refractivity contribution is 0.248. The van der Waals surface area contributed by atoms with E-state index in [9.17, 15) is 0 Å². The molecule has 1 aliphatic rings. The molecule has 0 amide bonds. The van der Waals surface area contributed by atoms with E-state index in [1.807, 2.05) is 24.4 Å². The van der Waals surface area contributed by atoms with Gasteiger partial charge in [0.2, 0.25) is 5.95 Å². The predicted octanol–water partition coefficient (Wildman–Crippen LogP) is 3.00. The van der Waals surface area contributed by atoms with E-state index in [2.05, 4.69) is 55.4 Å². The summed E-state index contributed by atoms with van der Waals surface area (Å²) in [6.45, 7) is 5.53. The van der Waals surface area contributed by atoms with E-state index < -0.39 is 0 Å². The minimum Gasteiger partial charge on any atom is -0.467 e. The molecule has 1 fully saturated rings. The molecule has 134 valence electrons. The van der Waals surface area contributed by atoms with Crippen molar-refractivity contribution >= 4 is 11.8 Å². The SMILES string of the molecule is c1ccc(CN2CCN(c3nccc(NCc4ccco4)n3)CC2)cc1. The normalized spacial score (nSPS) is 15.2. The van der Waals surface area contributed by atoms with E-state index in [0.717, 1.165) is 50.3 Å². The predicted molar refractivity (Wildman–Crippen MR) is 102 cm³/mol. The van der Waals surface area contributed by atoms with E-state index >= 15 is 0 Å². The molecule has 0 unspecified atom stereocenters. The first-order valence-electron chi connectivity index (χ1n) is 8.97. The standard InChI is InChI=1S/C20H23N5O/c1-2-5-17(6-3-1)16-24-10-12-25(13-11-24)20-21-9-8-19(23-20)22-15-18-7-4-14-26-18/h1-9,14H,10-13,15-16H2,(H,21,22,23). The van der Waals surface area contributed by atoms with Crippen LogP contribution in [0.4, 0.5) is 11.8 Å². The van der Waals surface area contributed by atoms with Crippen LogP contribution in [-0.2, 0) is 13.1 Å². The smallest absolute Gasteiger partial charge is 0.227 e. The second-order valence-corrected chi connectivity index (χ2v) is 6.42. The third kappa shape index (κ3) is 4.21. The van der Waals surface area contributed by atoms with Gasteiger partial charge in [-0.05, 0) is 23.8 Å². The molecule has 0 bridgehead atoms. The molecule has 0 atom stereocenters. The van der Waals surface area contributed by atoms with Gasteiger partial charge in [-0.3, -0.25) is 4.90 Å². The molecule has 0 radical (unpaired) electrons. The number of hydrogen-bond acceptors (Lipinski definition) is 6. The van der Waals surface area contributed by atoms with Crippen molar-refractivity contribution in [2.75, 3.05) is 36.4 Å². The van der Waals surface area contributed by atoms with Gasteiger partial charge >= 0.3 is 0 Å². The molecule has 6 nitrogen and oxygen atoms in total. The van der Waals surface area contributed by atoms with Gasteiger partial charge in [0.15, 0.2) is 0 Å². The fourth-order valence-corrected chi connectivity index (χ4v) is 3.14. The molecule has 1 aromatic carbocycles. The molecule has 0 spiro atoms. The molecule has 2 aromatic heterocycles. The lowest BCUT2D eigenvalue weighted by Gasteiger charge is -2.34. The summed E-state index contributed by atoms with van der Waals surface area (Å²) >= 11 is 0. The number of anilines is 2. The van der Waals surface area contributed by atoms with Gasteiger partial charge in [-0.25, -0.2) is 4.98 Å². The zero-order chi connectivity index (χ0) is 17.6. The number of nitrogens with one attached hydrogen (secondary N) is 1. The third-order valence-electron chi connectivity index (χ3n) is 4.57. The number of hydrogen-bond donors (Lipinski definition) is 1. The minimum absolute atomic E-state index is 0.619. The van der Waals surface area contributed by atoms with E-state index in [1.165, 1.54) is 5.56 Å². The largest absolute Gasteiger partial charge is 0.467 e. The van der Waals surface area contributed by atoms with Crippen LogP contribution in [0.1, 0.15) is 11.3 Å². The van der Waals surface area contributed by atoms with E-state index in [4.69, 9.17) is 4.42 Å². The Morgan fingerprint density at radius 1 is 0.962 bits per heavy atom. The van der Waals surface area contributed by atoms with Crippen LogP contribution in [0.2, 0.25) is 0 Å². The zero-order valence-electron chi connectivity index (χ0n) is 14.7. The van der Waals surface area contributed by atoms with E-state index in [0.29, 0.717) is 6.54 Å². The number of benzene rings is 1. The highest BCUT2D eigenvalue weighted by Gasteiger charge is 2.19. The van der Waals surface area contributed by atoms with Crippen LogP contribution >= 0.6 is 0 Å². The van der Waals surface area contributed by atoms with Gasteiger partial charge in [0.1, 0.15) is 11.6 Å². The summed E-state index contributed by atoms with van der Waals surface area (Å²) in [6, 6.07) is 16.3. The van der Waals surface area contributed by atoms with Crippen LogP contribution in [0.5, 0.6) is 0 Å². The first-order valence-corrected chi connectivity index (χ1v) is 8.97. The first-order chi connectivity index (χ1) is 12.9. The van der Waals surface area contributed by atoms with Crippen LogP contribution in [0.3, 0.4) is 0 Å². The van der Waals surface area contributed by atoms with Gasteiger partial charge < -0.3 is 14.6 Å². The Kier molecular flexibility index (Phi) is 5.12. The minimum atomic E-state index is 0.619. The fourth-order valence-electron chi connectivity index (χ4n) is 3.14. The van der Waals surface area contributed by atoms with Gasteiger partial charge in [-0.1, -0.05) is 30.3 Å². The second kappa shape index (κ2) is 8.01. The quantitative estimate of drug-likeness (QED) is 0.738. The van der Waals surface area contributed by atoms with Crippen molar-refractivity contribution in [3.63, 3.8) is 0 Å². The molecule has 26 heavy (non-hydrogen) atoms. The Labute approximate surface area is 153 Å². The van der Waals surface area contributed by atoms with Crippen molar-refractivity contribution in [2.45, 2.75) is 13.1 Å². The monoisotopic (exact) mass is 349 g/mol. The average molecular weight is 349 g/mol. The molecule has 3 aromatic rings. The summed E-state index contributed by atoms with van der Waals surface area (Å²) in [6.07, 6.45) is 3.49. The van der Waals surface area contributed by atoms with Crippen molar-refractivity contribution < 1.29 is 4.42 Å². The number of nitrogens with zero attached hydrogens (tertiary/aromatic N) is 4. The highest BCUT2D eigenvalue weighted by Crippen LogP contribution is 2.15. The van der Waals surface area contributed by atoms with Crippen LogP contribution in [0, 0.1) is 0 Å². The summed E-state index contributed by atoms with van der Waals surface area (Å²) in [5.41, 5.74) is 1.36. The Morgan fingerprint density at radius 3 is 2.58 bits per heavy atom. The van der Waals surface area contributed by atoms with Crippen LogP contribution in [-0.4, -0.2) is 41.0 Å². The van der Waals surface area contributed by atoms with Gasteiger partial charge in [0.25, 0.3) is 0 Å². The maximum atomic E-state index is 5.34. The highest BCUT2D eigenvalue weighted by atomic mass is 16.3. The molecular weight excluding hydrogens is 326 g/mol. The number of furan rings is 1. The maximum absolute atomic E-state index is 5.34. The van der Waals surface area contributed by atoms with E-state index in [1.54, 1.807) is 6.26 Å². The lowest BCUT2D eigenvalue weighted by Crippen LogP contribution is -2.46. The molecule has 1 aliphatic heterocycles.